The number of rotatable bonds is 5. The van der Waals surface area contributed by atoms with Crippen LogP contribution in [0.15, 0.2) is 122 Å². The van der Waals surface area contributed by atoms with E-state index < -0.39 is 0 Å². The summed E-state index contributed by atoms with van der Waals surface area (Å²) in [7, 11) is 0. The van der Waals surface area contributed by atoms with Gasteiger partial charge in [-0.2, -0.15) is 0 Å². The second kappa shape index (κ2) is 9.07. The summed E-state index contributed by atoms with van der Waals surface area (Å²) in [5.41, 5.74) is 7.09. The molecular formula is C36H26N4O. The smallest absolute Gasteiger partial charge is 0.235 e. The lowest BCUT2D eigenvalue weighted by molar-refractivity contribution is 0.486. The van der Waals surface area contributed by atoms with Gasteiger partial charge in [0.25, 0.3) is 0 Å². The minimum Gasteiger partial charge on any atom is -0.456 e. The molecule has 0 radical (unpaired) electrons. The molecule has 7 aromatic rings. The fraction of sp³-hybridized carbons (Fsp3) is 0.0556. The number of para-hydroxylation sites is 2. The van der Waals surface area contributed by atoms with Crippen molar-refractivity contribution in [3.8, 4) is 28.7 Å². The molecule has 4 heterocycles. The van der Waals surface area contributed by atoms with Gasteiger partial charge in [0.15, 0.2) is 0 Å². The summed E-state index contributed by atoms with van der Waals surface area (Å²) in [6.45, 7) is 5.91. The van der Waals surface area contributed by atoms with Crippen molar-refractivity contribution in [2.45, 2.75) is 13.3 Å². The van der Waals surface area contributed by atoms with Crippen LogP contribution in [0.4, 0.5) is 0 Å². The van der Waals surface area contributed by atoms with Crippen LogP contribution in [-0.2, 0) is 0 Å². The summed E-state index contributed by atoms with van der Waals surface area (Å²) in [6, 6.07) is 29.3. The van der Waals surface area contributed by atoms with Crippen molar-refractivity contribution in [1.82, 2.24) is 19.1 Å². The van der Waals surface area contributed by atoms with E-state index in [0.717, 1.165) is 62.3 Å². The number of ether oxygens (including phenoxy) is 1. The van der Waals surface area contributed by atoms with Gasteiger partial charge in [0.2, 0.25) is 5.95 Å². The molecule has 0 aliphatic carbocycles. The maximum atomic E-state index is 6.24. The molecule has 0 spiro atoms. The van der Waals surface area contributed by atoms with Crippen LogP contribution in [0.2, 0.25) is 0 Å². The quantitative estimate of drug-likeness (QED) is 0.164. The Hall–Kier alpha value is -5.42. The largest absolute Gasteiger partial charge is 0.456 e. The molecule has 4 aromatic carbocycles. The predicted octanol–water partition coefficient (Wildman–Crippen LogP) is 9.45. The average Bonchev–Trinajstić information content (AvgIpc) is 3.57. The highest BCUT2D eigenvalue weighted by Crippen LogP contribution is 2.45. The highest BCUT2D eigenvalue weighted by molar-refractivity contribution is 6.13. The summed E-state index contributed by atoms with van der Waals surface area (Å²) in [6.07, 6.45) is 11.3. The Morgan fingerprint density at radius 1 is 0.854 bits per heavy atom. The molecule has 0 unspecified atom stereocenters. The molecule has 196 valence electrons. The Morgan fingerprint density at radius 2 is 1.71 bits per heavy atom. The summed E-state index contributed by atoms with van der Waals surface area (Å²) in [5.74, 6) is 2.23. The zero-order chi connectivity index (χ0) is 27.5. The summed E-state index contributed by atoms with van der Waals surface area (Å²) >= 11 is 0. The predicted molar refractivity (Wildman–Crippen MR) is 169 cm³/mol. The summed E-state index contributed by atoms with van der Waals surface area (Å²) in [4.78, 5) is 10.4. The summed E-state index contributed by atoms with van der Waals surface area (Å²) < 4.78 is 10.7. The van der Waals surface area contributed by atoms with E-state index in [4.69, 9.17) is 14.7 Å². The molecule has 0 N–H and O–H groups in total. The molecule has 0 amide bonds. The number of benzene rings is 4. The van der Waals surface area contributed by atoms with Crippen LogP contribution in [0, 0.1) is 0 Å². The molecule has 0 bridgehead atoms. The van der Waals surface area contributed by atoms with Crippen molar-refractivity contribution in [3.63, 3.8) is 0 Å². The van der Waals surface area contributed by atoms with E-state index in [2.05, 4.69) is 95.6 Å². The van der Waals surface area contributed by atoms with Crippen molar-refractivity contribution in [2.75, 3.05) is 0 Å². The second-order valence-corrected chi connectivity index (χ2v) is 10.2. The van der Waals surface area contributed by atoms with E-state index in [1.807, 2.05) is 42.5 Å². The molecule has 1 aliphatic rings. The van der Waals surface area contributed by atoms with Gasteiger partial charge in [0, 0.05) is 33.6 Å². The standard InChI is InChI=1S/C36H26N4O/c1-3-5-6-12-24(4-2)39-20-19-23-21-27-25-13-7-9-16-29(25)40(31(27)22-30(23)39)36-37-28-15-11-18-33-34(28)35(38-36)26-14-8-10-17-32(26)41-33/h3-4,6-22H,1,5H2,2H3/b12-6-,24-4+. The zero-order valence-corrected chi connectivity index (χ0v) is 22.6. The van der Waals surface area contributed by atoms with Gasteiger partial charge >= 0.3 is 0 Å². The minimum absolute atomic E-state index is 0.641. The lowest BCUT2D eigenvalue weighted by atomic mass is 10.0. The van der Waals surface area contributed by atoms with E-state index in [1.54, 1.807) is 0 Å². The number of allylic oxidation sites excluding steroid dienone is 5. The van der Waals surface area contributed by atoms with Crippen molar-refractivity contribution < 1.29 is 4.74 Å². The molecule has 41 heavy (non-hydrogen) atoms. The molecule has 5 nitrogen and oxygen atoms in total. The number of hydrogen-bond donors (Lipinski definition) is 0. The Morgan fingerprint density at radius 3 is 2.61 bits per heavy atom. The SMILES string of the molecule is C=CC/C=C\C(=C/C)n1ccc2cc3c4ccccc4n(-c4nc5c6c(cccc6n4)Oc4ccccc4-5)c3cc21. The Kier molecular flexibility index (Phi) is 5.19. The van der Waals surface area contributed by atoms with Gasteiger partial charge < -0.3 is 9.30 Å². The van der Waals surface area contributed by atoms with Crippen molar-refractivity contribution >= 4 is 49.3 Å². The molecule has 5 heteroatoms. The monoisotopic (exact) mass is 530 g/mol. The fourth-order valence-electron chi connectivity index (χ4n) is 6.03. The zero-order valence-electron chi connectivity index (χ0n) is 22.6. The molecule has 1 aliphatic heterocycles. The lowest BCUT2D eigenvalue weighted by Crippen LogP contribution is -2.06. The third-order valence-corrected chi connectivity index (χ3v) is 7.88. The number of fused-ring (bicyclic) bond motifs is 6. The molecule has 3 aromatic heterocycles. The Balaban J connectivity index is 1.44. The topological polar surface area (TPSA) is 44.9 Å². The van der Waals surface area contributed by atoms with Gasteiger partial charge in [0.1, 0.15) is 11.5 Å². The fourth-order valence-corrected chi connectivity index (χ4v) is 6.03. The van der Waals surface area contributed by atoms with Crippen LogP contribution < -0.4 is 4.74 Å². The van der Waals surface area contributed by atoms with Crippen molar-refractivity contribution in [1.29, 1.82) is 0 Å². The van der Waals surface area contributed by atoms with Gasteiger partial charge in [-0.05, 0) is 68.0 Å². The van der Waals surface area contributed by atoms with E-state index in [-0.39, 0.29) is 0 Å². The molecule has 0 saturated heterocycles. The first kappa shape index (κ1) is 23.5. The molecule has 0 saturated carbocycles. The van der Waals surface area contributed by atoms with Gasteiger partial charge in [0.05, 0.1) is 33.1 Å². The summed E-state index contributed by atoms with van der Waals surface area (Å²) in [5, 5.41) is 4.46. The number of nitrogens with zero attached hydrogens (tertiary/aromatic N) is 4. The van der Waals surface area contributed by atoms with E-state index >= 15 is 0 Å². The Labute approximate surface area is 237 Å². The van der Waals surface area contributed by atoms with E-state index in [9.17, 15) is 0 Å². The first-order valence-corrected chi connectivity index (χ1v) is 13.8. The van der Waals surface area contributed by atoms with Crippen LogP contribution in [0.1, 0.15) is 13.3 Å². The second-order valence-electron chi connectivity index (χ2n) is 10.2. The Bertz CT molecular complexity index is 2250. The van der Waals surface area contributed by atoms with Crippen LogP contribution in [0.5, 0.6) is 11.5 Å². The number of hydrogen-bond acceptors (Lipinski definition) is 3. The van der Waals surface area contributed by atoms with Crippen molar-refractivity contribution in [3.05, 3.63) is 122 Å². The minimum atomic E-state index is 0.641. The van der Waals surface area contributed by atoms with Crippen molar-refractivity contribution in [2.24, 2.45) is 0 Å². The first-order valence-electron chi connectivity index (χ1n) is 13.8. The highest BCUT2D eigenvalue weighted by Gasteiger charge is 2.24. The molecule has 0 fully saturated rings. The third kappa shape index (κ3) is 3.49. The van der Waals surface area contributed by atoms with Crippen LogP contribution in [0.25, 0.3) is 66.5 Å². The highest BCUT2D eigenvalue weighted by atomic mass is 16.5. The first-order chi connectivity index (χ1) is 20.2. The molecule has 0 atom stereocenters. The van der Waals surface area contributed by atoms with Gasteiger partial charge in [-0.1, -0.05) is 54.6 Å². The third-order valence-electron chi connectivity index (χ3n) is 7.88. The molecule has 8 rings (SSSR count). The average molecular weight is 531 g/mol. The normalized spacial score (nSPS) is 13.0. The van der Waals surface area contributed by atoms with E-state index in [1.165, 1.54) is 16.2 Å². The molecular weight excluding hydrogens is 504 g/mol. The van der Waals surface area contributed by atoms with Crippen LogP contribution in [-0.4, -0.2) is 19.1 Å². The number of aromatic nitrogens is 4. The van der Waals surface area contributed by atoms with Gasteiger partial charge in [-0.25, -0.2) is 9.97 Å². The van der Waals surface area contributed by atoms with Crippen LogP contribution in [0.3, 0.4) is 0 Å². The maximum Gasteiger partial charge on any atom is 0.235 e. The van der Waals surface area contributed by atoms with Crippen LogP contribution >= 0.6 is 0 Å². The van der Waals surface area contributed by atoms with E-state index in [0.29, 0.717) is 5.95 Å². The van der Waals surface area contributed by atoms with Gasteiger partial charge in [-0.3, -0.25) is 4.57 Å². The lowest BCUT2D eigenvalue weighted by Gasteiger charge is -2.21. The maximum absolute atomic E-state index is 6.24. The van der Waals surface area contributed by atoms with Gasteiger partial charge in [-0.15, -0.1) is 6.58 Å².